The number of amides is 1. The van der Waals surface area contributed by atoms with Crippen LogP contribution in [0.25, 0.3) is 0 Å². The average Bonchev–Trinajstić information content (AvgIpc) is 2.66. The van der Waals surface area contributed by atoms with Crippen molar-refractivity contribution >= 4 is 11.7 Å². The zero-order valence-corrected chi connectivity index (χ0v) is 16.0. The van der Waals surface area contributed by atoms with Gasteiger partial charge in [-0.3, -0.25) is 9.59 Å². The van der Waals surface area contributed by atoms with E-state index < -0.39 is 0 Å². The molecule has 1 heterocycles. The first-order valence-corrected chi connectivity index (χ1v) is 9.18. The van der Waals surface area contributed by atoms with Crippen LogP contribution in [0.1, 0.15) is 52.4 Å². The third-order valence-electron chi connectivity index (χ3n) is 4.77. The Labute approximate surface area is 159 Å². The molecule has 1 aliphatic rings. The number of ether oxygens (including phenoxy) is 2. The standard InChI is InChI=1S/C22H25NO4/c1-14-5-8-21-16(12-14)18(10-11-27-21)23-22(25)9-6-19(24)17-13-15(2)4-7-20(17)26-3/h4-5,7-8,12-13,18H,6,9-11H2,1-3H3,(H,23,25). The van der Waals surface area contributed by atoms with Crippen LogP contribution in [-0.2, 0) is 4.79 Å². The van der Waals surface area contributed by atoms with E-state index >= 15 is 0 Å². The van der Waals surface area contributed by atoms with Crippen LogP contribution >= 0.6 is 0 Å². The minimum absolute atomic E-state index is 0.0789. The van der Waals surface area contributed by atoms with Crippen LogP contribution in [0, 0.1) is 13.8 Å². The smallest absolute Gasteiger partial charge is 0.220 e. The molecule has 0 saturated carbocycles. The molecular weight excluding hydrogens is 342 g/mol. The van der Waals surface area contributed by atoms with Crippen LogP contribution in [0.4, 0.5) is 0 Å². The number of aryl methyl sites for hydroxylation is 2. The average molecular weight is 367 g/mol. The fourth-order valence-corrected chi connectivity index (χ4v) is 3.33. The number of benzene rings is 2. The Morgan fingerprint density at radius 2 is 1.85 bits per heavy atom. The summed E-state index contributed by atoms with van der Waals surface area (Å²) in [5, 5.41) is 3.05. The molecular formula is C22H25NO4. The van der Waals surface area contributed by atoms with Crippen molar-refractivity contribution in [3.63, 3.8) is 0 Å². The van der Waals surface area contributed by atoms with Gasteiger partial charge in [-0.25, -0.2) is 0 Å². The summed E-state index contributed by atoms with van der Waals surface area (Å²) in [6, 6.07) is 11.4. The second-order valence-electron chi connectivity index (χ2n) is 6.93. The van der Waals surface area contributed by atoms with Gasteiger partial charge in [0.2, 0.25) is 5.91 Å². The molecule has 3 rings (SSSR count). The molecule has 1 aliphatic heterocycles. The van der Waals surface area contributed by atoms with Crippen molar-refractivity contribution < 1.29 is 19.1 Å². The first-order valence-electron chi connectivity index (χ1n) is 9.18. The molecule has 1 N–H and O–H groups in total. The summed E-state index contributed by atoms with van der Waals surface area (Å²) in [7, 11) is 1.54. The number of rotatable bonds is 6. The fraction of sp³-hybridized carbons (Fsp3) is 0.364. The molecule has 0 aromatic heterocycles. The summed E-state index contributed by atoms with van der Waals surface area (Å²) in [5.41, 5.74) is 3.64. The first kappa shape index (κ1) is 19.0. The van der Waals surface area contributed by atoms with Crippen molar-refractivity contribution in [2.75, 3.05) is 13.7 Å². The van der Waals surface area contributed by atoms with E-state index in [-0.39, 0.29) is 30.6 Å². The number of methoxy groups -OCH3 is 1. The molecule has 1 unspecified atom stereocenters. The summed E-state index contributed by atoms with van der Waals surface area (Å²) in [5.74, 6) is 1.14. The van der Waals surface area contributed by atoms with Gasteiger partial charge in [0.15, 0.2) is 5.78 Å². The van der Waals surface area contributed by atoms with Crippen LogP contribution in [0.5, 0.6) is 11.5 Å². The second kappa shape index (κ2) is 8.25. The molecule has 0 saturated heterocycles. The quantitative estimate of drug-likeness (QED) is 0.786. The highest BCUT2D eigenvalue weighted by Crippen LogP contribution is 2.32. The monoisotopic (exact) mass is 367 g/mol. The maximum absolute atomic E-state index is 12.5. The molecule has 27 heavy (non-hydrogen) atoms. The Balaban J connectivity index is 1.62. The third kappa shape index (κ3) is 4.48. The molecule has 0 bridgehead atoms. The molecule has 1 atom stereocenters. The zero-order chi connectivity index (χ0) is 19.4. The lowest BCUT2D eigenvalue weighted by atomic mass is 9.98. The minimum atomic E-state index is -0.130. The topological polar surface area (TPSA) is 64.6 Å². The van der Waals surface area contributed by atoms with E-state index in [0.29, 0.717) is 17.9 Å². The largest absolute Gasteiger partial charge is 0.496 e. The molecule has 5 heteroatoms. The highest BCUT2D eigenvalue weighted by atomic mass is 16.5. The summed E-state index contributed by atoms with van der Waals surface area (Å²) in [4.78, 5) is 25.0. The van der Waals surface area contributed by atoms with Crippen LogP contribution in [0.15, 0.2) is 36.4 Å². The van der Waals surface area contributed by atoms with E-state index in [1.165, 1.54) is 0 Å². The van der Waals surface area contributed by atoms with E-state index in [1.807, 2.05) is 38.1 Å². The van der Waals surface area contributed by atoms with E-state index in [2.05, 4.69) is 5.32 Å². The number of hydrogen-bond donors (Lipinski definition) is 1. The van der Waals surface area contributed by atoms with Gasteiger partial charge in [-0.05, 0) is 32.0 Å². The van der Waals surface area contributed by atoms with Crippen LogP contribution in [0.3, 0.4) is 0 Å². The van der Waals surface area contributed by atoms with E-state index in [9.17, 15) is 9.59 Å². The number of ketones is 1. The summed E-state index contributed by atoms with van der Waals surface area (Å²) in [6.45, 7) is 4.51. The molecule has 1 amide bonds. The van der Waals surface area contributed by atoms with Crippen molar-refractivity contribution in [2.45, 2.75) is 39.2 Å². The highest BCUT2D eigenvalue weighted by molar-refractivity contribution is 6.00. The molecule has 0 fully saturated rings. The van der Waals surface area contributed by atoms with E-state index in [0.717, 1.165) is 28.9 Å². The van der Waals surface area contributed by atoms with Crippen molar-refractivity contribution in [1.29, 1.82) is 0 Å². The number of nitrogens with one attached hydrogen (secondary N) is 1. The van der Waals surface area contributed by atoms with Crippen LogP contribution < -0.4 is 14.8 Å². The van der Waals surface area contributed by atoms with Gasteiger partial charge in [-0.1, -0.05) is 29.3 Å². The van der Waals surface area contributed by atoms with Gasteiger partial charge in [-0.2, -0.15) is 0 Å². The molecule has 0 aliphatic carbocycles. The number of carbonyl (C=O) groups is 2. The van der Waals surface area contributed by atoms with Crippen LogP contribution in [0.2, 0.25) is 0 Å². The lowest BCUT2D eigenvalue weighted by Crippen LogP contribution is -2.32. The minimum Gasteiger partial charge on any atom is -0.496 e. The Morgan fingerprint density at radius 3 is 2.63 bits per heavy atom. The Morgan fingerprint density at radius 1 is 1.11 bits per heavy atom. The van der Waals surface area contributed by atoms with E-state index in [1.54, 1.807) is 19.2 Å². The van der Waals surface area contributed by atoms with Gasteiger partial charge in [-0.15, -0.1) is 0 Å². The normalized spacial score (nSPS) is 15.4. The van der Waals surface area contributed by atoms with Crippen molar-refractivity contribution in [2.24, 2.45) is 0 Å². The summed E-state index contributed by atoms with van der Waals surface area (Å²) >= 11 is 0. The van der Waals surface area contributed by atoms with Gasteiger partial charge in [0, 0.05) is 24.8 Å². The van der Waals surface area contributed by atoms with E-state index in [4.69, 9.17) is 9.47 Å². The van der Waals surface area contributed by atoms with Gasteiger partial charge >= 0.3 is 0 Å². The second-order valence-corrected chi connectivity index (χ2v) is 6.93. The highest BCUT2D eigenvalue weighted by Gasteiger charge is 2.23. The Hall–Kier alpha value is -2.82. The number of Topliss-reactive ketones (excluding diaryl/α,β-unsaturated/α-hetero) is 1. The molecule has 0 radical (unpaired) electrons. The maximum Gasteiger partial charge on any atom is 0.220 e. The number of hydrogen-bond acceptors (Lipinski definition) is 4. The van der Waals surface area contributed by atoms with Crippen molar-refractivity contribution in [3.05, 3.63) is 58.7 Å². The third-order valence-corrected chi connectivity index (χ3v) is 4.77. The molecule has 0 spiro atoms. The summed E-state index contributed by atoms with van der Waals surface area (Å²) in [6.07, 6.45) is 1.02. The molecule has 2 aromatic carbocycles. The van der Waals surface area contributed by atoms with Crippen molar-refractivity contribution in [1.82, 2.24) is 5.32 Å². The predicted molar refractivity (Wildman–Crippen MR) is 103 cm³/mol. The fourth-order valence-electron chi connectivity index (χ4n) is 3.33. The molecule has 5 nitrogen and oxygen atoms in total. The van der Waals surface area contributed by atoms with Gasteiger partial charge in [0.05, 0.1) is 25.3 Å². The van der Waals surface area contributed by atoms with Gasteiger partial charge < -0.3 is 14.8 Å². The predicted octanol–water partition coefficient (Wildman–Crippen LogP) is 3.91. The van der Waals surface area contributed by atoms with Crippen molar-refractivity contribution in [3.8, 4) is 11.5 Å². The lowest BCUT2D eigenvalue weighted by molar-refractivity contribution is -0.122. The maximum atomic E-state index is 12.5. The SMILES string of the molecule is COc1ccc(C)cc1C(=O)CCC(=O)NC1CCOc2ccc(C)cc21. The Kier molecular flexibility index (Phi) is 5.79. The number of fused-ring (bicyclic) bond motifs is 1. The first-order chi connectivity index (χ1) is 13.0. The molecule has 142 valence electrons. The van der Waals surface area contributed by atoms with Crippen LogP contribution in [-0.4, -0.2) is 25.4 Å². The Bertz CT molecular complexity index is 859. The molecule has 2 aromatic rings. The zero-order valence-electron chi connectivity index (χ0n) is 16.0. The lowest BCUT2D eigenvalue weighted by Gasteiger charge is -2.27. The van der Waals surface area contributed by atoms with Gasteiger partial charge in [0.1, 0.15) is 11.5 Å². The number of carbonyl (C=O) groups excluding carboxylic acids is 2. The summed E-state index contributed by atoms with van der Waals surface area (Å²) < 4.78 is 10.9. The van der Waals surface area contributed by atoms with Gasteiger partial charge in [0.25, 0.3) is 0 Å².